The first kappa shape index (κ1) is 11.1. The van der Waals surface area contributed by atoms with Crippen LogP contribution in [0.1, 0.15) is 18.4 Å². The quantitative estimate of drug-likeness (QED) is 0.835. The molecule has 1 N–H and O–H groups in total. The summed E-state index contributed by atoms with van der Waals surface area (Å²) in [7, 11) is 0. The van der Waals surface area contributed by atoms with Gasteiger partial charge in [0.25, 0.3) is 0 Å². The molecule has 0 unspecified atom stereocenters. The first-order valence-corrected chi connectivity index (χ1v) is 5.76. The van der Waals surface area contributed by atoms with Gasteiger partial charge in [-0.05, 0) is 24.1 Å². The fourth-order valence-electron chi connectivity index (χ4n) is 2.02. The number of aliphatic hydroxyl groups excluding tert-OH is 1. The number of hydrogen-bond acceptors (Lipinski definition) is 3. The Morgan fingerprint density at radius 3 is 2.31 bits per heavy atom. The summed E-state index contributed by atoms with van der Waals surface area (Å²) < 4.78 is 0. The third-order valence-electron chi connectivity index (χ3n) is 3.02. The van der Waals surface area contributed by atoms with Gasteiger partial charge in [0.15, 0.2) is 0 Å². The lowest BCUT2D eigenvalue weighted by molar-refractivity contribution is -0.119. The van der Waals surface area contributed by atoms with E-state index in [1.54, 1.807) is 0 Å². The van der Waals surface area contributed by atoms with Crippen LogP contribution in [0.15, 0.2) is 24.3 Å². The second-order valence-corrected chi connectivity index (χ2v) is 4.17. The largest absolute Gasteiger partial charge is 0.396 e. The smallest absolute Gasteiger partial charge is 0.136 e. The van der Waals surface area contributed by atoms with Crippen molar-refractivity contribution in [1.82, 2.24) is 0 Å². The summed E-state index contributed by atoms with van der Waals surface area (Å²) in [5.41, 5.74) is 2.33. The summed E-state index contributed by atoms with van der Waals surface area (Å²) in [5.74, 6) is 0.369. The van der Waals surface area contributed by atoms with Crippen molar-refractivity contribution in [3.05, 3.63) is 29.8 Å². The van der Waals surface area contributed by atoms with Crippen molar-refractivity contribution in [3.63, 3.8) is 0 Å². The summed E-state index contributed by atoms with van der Waals surface area (Å²) in [5, 5.41) is 8.82. The Morgan fingerprint density at radius 1 is 1.12 bits per heavy atom. The van der Waals surface area contributed by atoms with Crippen molar-refractivity contribution in [1.29, 1.82) is 0 Å². The number of ketones is 1. The van der Waals surface area contributed by atoms with Gasteiger partial charge in [-0.3, -0.25) is 4.79 Å². The van der Waals surface area contributed by atoms with Crippen molar-refractivity contribution in [3.8, 4) is 0 Å². The maximum Gasteiger partial charge on any atom is 0.136 e. The van der Waals surface area contributed by atoms with E-state index in [1.807, 2.05) is 12.1 Å². The van der Waals surface area contributed by atoms with Crippen LogP contribution >= 0.6 is 0 Å². The van der Waals surface area contributed by atoms with Crippen LogP contribution in [0.2, 0.25) is 0 Å². The molecule has 0 aliphatic carbocycles. The van der Waals surface area contributed by atoms with Crippen molar-refractivity contribution < 1.29 is 9.90 Å². The first-order chi connectivity index (χ1) is 7.79. The Morgan fingerprint density at radius 2 is 1.75 bits per heavy atom. The molecule has 86 valence electrons. The number of carbonyl (C=O) groups excluding carboxylic acids is 1. The van der Waals surface area contributed by atoms with Gasteiger partial charge in [-0.1, -0.05) is 12.1 Å². The van der Waals surface area contributed by atoms with Crippen LogP contribution in [0.3, 0.4) is 0 Å². The van der Waals surface area contributed by atoms with Crippen molar-refractivity contribution in [2.24, 2.45) is 0 Å². The van der Waals surface area contributed by atoms with Gasteiger partial charge < -0.3 is 10.0 Å². The molecule has 1 aliphatic rings. The van der Waals surface area contributed by atoms with Crippen LogP contribution in [0.5, 0.6) is 0 Å². The number of piperidine rings is 1. The lowest BCUT2D eigenvalue weighted by Crippen LogP contribution is -2.33. The fraction of sp³-hybridized carbons (Fsp3) is 0.462. The highest BCUT2D eigenvalue weighted by Gasteiger charge is 2.15. The van der Waals surface area contributed by atoms with Crippen LogP contribution in [0.25, 0.3) is 0 Å². The third kappa shape index (κ3) is 2.61. The molecule has 0 saturated carbocycles. The van der Waals surface area contributed by atoms with Gasteiger partial charge in [-0.15, -0.1) is 0 Å². The zero-order valence-electron chi connectivity index (χ0n) is 9.35. The maximum atomic E-state index is 11.1. The Balaban J connectivity index is 2.01. The first-order valence-electron chi connectivity index (χ1n) is 5.76. The molecular formula is C13H17NO2. The molecule has 1 saturated heterocycles. The molecule has 1 heterocycles. The van der Waals surface area contributed by atoms with Gasteiger partial charge in [0.05, 0.1) is 0 Å². The number of rotatable bonds is 3. The Kier molecular flexibility index (Phi) is 3.57. The van der Waals surface area contributed by atoms with Crippen molar-refractivity contribution in [2.75, 3.05) is 24.6 Å². The summed E-state index contributed by atoms with van der Waals surface area (Å²) in [6.45, 7) is 1.86. The van der Waals surface area contributed by atoms with E-state index in [0.29, 0.717) is 25.0 Å². The lowest BCUT2D eigenvalue weighted by Gasteiger charge is -2.28. The molecule has 0 bridgehead atoms. The number of benzene rings is 1. The Hall–Kier alpha value is -1.35. The highest BCUT2D eigenvalue weighted by atomic mass is 16.2. The normalized spacial score (nSPS) is 16.6. The molecular weight excluding hydrogens is 202 g/mol. The second-order valence-electron chi connectivity index (χ2n) is 4.17. The van der Waals surface area contributed by atoms with Crippen LogP contribution in [0.4, 0.5) is 5.69 Å². The van der Waals surface area contributed by atoms with E-state index in [4.69, 9.17) is 5.11 Å². The van der Waals surface area contributed by atoms with Crippen LogP contribution < -0.4 is 4.90 Å². The minimum Gasteiger partial charge on any atom is -0.396 e. The van der Waals surface area contributed by atoms with E-state index in [2.05, 4.69) is 17.0 Å². The SMILES string of the molecule is O=C1CCN(c2ccc(CCO)cc2)CC1. The molecule has 0 spiro atoms. The van der Waals surface area contributed by atoms with E-state index < -0.39 is 0 Å². The van der Waals surface area contributed by atoms with Gasteiger partial charge in [-0.2, -0.15) is 0 Å². The number of anilines is 1. The molecule has 1 aromatic carbocycles. The Bertz CT molecular complexity index is 349. The summed E-state index contributed by atoms with van der Waals surface area (Å²) >= 11 is 0. The minimum atomic E-state index is 0.192. The number of nitrogens with zero attached hydrogens (tertiary/aromatic N) is 1. The molecule has 1 fully saturated rings. The minimum absolute atomic E-state index is 0.192. The predicted octanol–water partition coefficient (Wildman–Crippen LogP) is 1.39. The molecule has 1 aliphatic heterocycles. The molecule has 1 aromatic rings. The third-order valence-corrected chi connectivity index (χ3v) is 3.02. The van der Waals surface area contributed by atoms with Crippen molar-refractivity contribution >= 4 is 11.5 Å². The maximum absolute atomic E-state index is 11.1. The van der Waals surface area contributed by atoms with Gasteiger partial charge in [0.1, 0.15) is 5.78 Å². The van der Waals surface area contributed by atoms with E-state index >= 15 is 0 Å². The Labute approximate surface area is 95.7 Å². The molecule has 0 atom stereocenters. The van der Waals surface area contributed by atoms with E-state index in [0.717, 1.165) is 18.7 Å². The predicted molar refractivity (Wildman–Crippen MR) is 63.7 cm³/mol. The molecule has 16 heavy (non-hydrogen) atoms. The topological polar surface area (TPSA) is 40.5 Å². The van der Waals surface area contributed by atoms with Gasteiger partial charge in [0.2, 0.25) is 0 Å². The molecule has 0 aromatic heterocycles. The summed E-state index contributed by atoms with van der Waals surface area (Å²) in [6.07, 6.45) is 2.04. The van der Waals surface area contributed by atoms with E-state index in [9.17, 15) is 4.79 Å². The van der Waals surface area contributed by atoms with Crippen LogP contribution in [-0.2, 0) is 11.2 Å². The second kappa shape index (κ2) is 5.12. The summed E-state index contributed by atoms with van der Waals surface area (Å²) in [4.78, 5) is 13.4. The van der Waals surface area contributed by atoms with Crippen LogP contribution in [-0.4, -0.2) is 30.6 Å². The van der Waals surface area contributed by atoms with Crippen molar-refractivity contribution in [2.45, 2.75) is 19.3 Å². The lowest BCUT2D eigenvalue weighted by atomic mass is 10.1. The standard InChI is InChI=1S/C13H17NO2/c15-10-7-11-1-3-12(4-2-11)14-8-5-13(16)6-9-14/h1-4,15H,5-10H2. The highest BCUT2D eigenvalue weighted by molar-refractivity contribution is 5.81. The molecule has 0 radical (unpaired) electrons. The average molecular weight is 219 g/mol. The summed E-state index contributed by atoms with van der Waals surface area (Å²) in [6, 6.07) is 8.23. The van der Waals surface area contributed by atoms with E-state index in [1.165, 1.54) is 5.69 Å². The molecule has 3 heteroatoms. The van der Waals surface area contributed by atoms with Gasteiger partial charge in [0, 0.05) is 38.2 Å². The molecule has 0 amide bonds. The highest BCUT2D eigenvalue weighted by Crippen LogP contribution is 2.19. The monoisotopic (exact) mass is 219 g/mol. The molecule has 2 rings (SSSR count). The number of carbonyl (C=O) groups is 1. The number of Topliss-reactive ketones (excluding diaryl/α,β-unsaturated/α-hetero) is 1. The molecule has 3 nitrogen and oxygen atoms in total. The average Bonchev–Trinajstić information content (AvgIpc) is 2.32. The van der Waals surface area contributed by atoms with E-state index in [-0.39, 0.29) is 6.61 Å². The zero-order chi connectivity index (χ0) is 11.4. The fourth-order valence-corrected chi connectivity index (χ4v) is 2.02. The van der Waals surface area contributed by atoms with Crippen LogP contribution in [0, 0.1) is 0 Å². The van der Waals surface area contributed by atoms with Gasteiger partial charge >= 0.3 is 0 Å². The number of aliphatic hydroxyl groups is 1. The zero-order valence-corrected chi connectivity index (χ0v) is 9.35. The van der Waals surface area contributed by atoms with Gasteiger partial charge in [-0.25, -0.2) is 0 Å². The number of hydrogen-bond donors (Lipinski definition) is 1.